The van der Waals surface area contributed by atoms with Crippen molar-refractivity contribution in [3.05, 3.63) is 63.4 Å². The fourth-order valence-corrected chi connectivity index (χ4v) is 2.79. The lowest BCUT2D eigenvalue weighted by atomic mass is 10.1. The van der Waals surface area contributed by atoms with Crippen molar-refractivity contribution in [3.63, 3.8) is 0 Å². The Bertz CT molecular complexity index is 614. The van der Waals surface area contributed by atoms with Crippen LogP contribution < -0.4 is 10.1 Å². The molecule has 23 heavy (non-hydrogen) atoms. The zero-order valence-electron chi connectivity index (χ0n) is 12.7. The predicted octanol–water partition coefficient (Wildman–Crippen LogP) is 5.29. The van der Waals surface area contributed by atoms with Gasteiger partial charge in [-0.05, 0) is 49.2 Å². The number of hydrogen-bond acceptors (Lipinski definition) is 2. The van der Waals surface area contributed by atoms with Crippen LogP contribution in [0.1, 0.15) is 18.1 Å². The van der Waals surface area contributed by atoms with E-state index < -0.39 is 0 Å². The second kappa shape index (κ2) is 9.99. The number of halogens is 4. The van der Waals surface area contributed by atoms with Gasteiger partial charge in [0.15, 0.2) is 5.75 Å². The molecule has 0 aromatic heterocycles. The molecule has 0 bridgehead atoms. The normalized spacial score (nSPS) is 10.3. The predicted molar refractivity (Wildman–Crippen MR) is 96.7 cm³/mol. The number of hydrogen-bond donors (Lipinski definition) is 1. The monoisotopic (exact) mass is 377 g/mol. The Morgan fingerprint density at radius 1 is 1.13 bits per heavy atom. The van der Waals surface area contributed by atoms with E-state index in [-0.39, 0.29) is 18.2 Å². The molecule has 0 aliphatic carbocycles. The largest absolute Gasteiger partial charge is 0.491 e. The summed E-state index contributed by atoms with van der Waals surface area (Å²) in [4.78, 5) is 0. The van der Waals surface area contributed by atoms with Crippen molar-refractivity contribution in [1.82, 2.24) is 5.32 Å². The Morgan fingerprint density at radius 2 is 1.78 bits per heavy atom. The van der Waals surface area contributed by atoms with Gasteiger partial charge in [0.25, 0.3) is 0 Å². The molecule has 1 N–H and O–H groups in total. The van der Waals surface area contributed by atoms with Crippen molar-refractivity contribution in [1.29, 1.82) is 0 Å². The third kappa shape index (κ3) is 5.85. The van der Waals surface area contributed by atoms with Crippen molar-refractivity contribution in [2.24, 2.45) is 0 Å². The fourth-order valence-electron chi connectivity index (χ4n) is 2.15. The minimum absolute atomic E-state index is 0. The summed E-state index contributed by atoms with van der Waals surface area (Å²) >= 11 is 12.3. The highest BCUT2D eigenvalue weighted by molar-refractivity contribution is 6.37. The lowest BCUT2D eigenvalue weighted by molar-refractivity contribution is 0.340. The highest BCUT2D eigenvalue weighted by atomic mass is 35.5. The van der Waals surface area contributed by atoms with Crippen LogP contribution in [0.25, 0.3) is 0 Å². The molecule has 0 aliphatic rings. The zero-order chi connectivity index (χ0) is 15.9. The summed E-state index contributed by atoms with van der Waals surface area (Å²) in [6.07, 6.45) is 0.630. The first kappa shape index (κ1) is 20.0. The van der Waals surface area contributed by atoms with Crippen LogP contribution in [0.3, 0.4) is 0 Å². The van der Waals surface area contributed by atoms with Gasteiger partial charge in [-0.2, -0.15) is 0 Å². The Morgan fingerprint density at radius 3 is 2.39 bits per heavy atom. The fraction of sp³-hybridized carbons (Fsp3) is 0.294. The molecule has 2 rings (SSSR count). The maximum atomic E-state index is 13.5. The molecule has 2 aromatic carbocycles. The maximum Gasteiger partial charge on any atom is 0.156 e. The molecule has 2 nitrogen and oxygen atoms in total. The highest BCUT2D eigenvalue weighted by Crippen LogP contribution is 2.34. The van der Waals surface area contributed by atoms with Crippen molar-refractivity contribution in [3.8, 4) is 5.75 Å². The van der Waals surface area contributed by atoms with E-state index in [4.69, 9.17) is 27.9 Å². The van der Waals surface area contributed by atoms with Crippen LogP contribution in [0.4, 0.5) is 4.39 Å². The molecule has 0 amide bonds. The third-order valence-corrected chi connectivity index (χ3v) is 3.77. The highest BCUT2D eigenvalue weighted by Gasteiger charge is 2.09. The average Bonchev–Trinajstić information content (AvgIpc) is 2.49. The summed E-state index contributed by atoms with van der Waals surface area (Å²) in [5.41, 5.74) is 1.67. The topological polar surface area (TPSA) is 21.3 Å². The smallest absolute Gasteiger partial charge is 0.156 e. The van der Waals surface area contributed by atoms with Crippen LogP contribution in [0, 0.1) is 5.82 Å². The minimum Gasteiger partial charge on any atom is -0.491 e. The van der Waals surface area contributed by atoms with Gasteiger partial charge in [0.05, 0.1) is 16.7 Å². The van der Waals surface area contributed by atoms with Crippen LogP contribution in [0.5, 0.6) is 5.75 Å². The van der Waals surface area contributed by atoms with Crippen LogP contribution in [-0.2, 0) is 13.0 Å². The van der Waals surface area contributed by atoms with Gasteiger partial charge in [0.2, 0.25) is 0 Å². The van der Waals surface area contributed by atoms with Crippen LogP contribution in [-0.4, -0.2) is 13.2 Å². The Labute approximate surface area is 152 Å². The van der Waals surface area contributed by atoms with Gasteiger partial charge in [-0.25, -0.2) is 4.39 Å². The van der Waals surface area contributed by atoms with Crippen LogP contribution in [0.2, 0.25) is 10.0 Å². The van der Waals surface area contributed by atoms with Gasteiger partial charge < -0.3 is 10.1 Å². The summed E-state index contributed by atoms with van der Waals surface area (Å²) in [6, 6.07) is 10.5. The van der Waals surface area contributed by atoms with E-state index in [1.54, 1.807) is 12.1 Å². The average molecular weight is 379 g/mol. The van der Waals surface area contributed by atoms with Gasteiger partial charge in [0.1, 0.15) is 5.82 Å². The van der Waals surface area contributed by atoms with Crippen molar-refractivity contribution in [2.45, 2.75) is 19.9 Å². The number of benzene rings is 2. The van der Waals surface area contributed by atoms with E-state index in [2.05, 4.69) is 5.32 Å². The minimum atomic E-state index is -0.170. The summed E-state index contributed by atoms with van der Waals surface area (Å²) in [5.74, 6) is 0.345. The Kier molecular flexibility index (Phi) is 8.71. The van der Waals surface area contributed by atoms with E-state index in [0.29, 0.717) is 47.5 Å². The number of rotatable bonds is 7. The van der Waals surface area contributed by atoms with Gasteiger partial charge >= 0.3 is 0 Å². The Balaban J connectivity index is 0.00000264. The molecular weight excluding hydrogens is 360 g/mol. The first-order valence-corrected chi connectivity index (χ1v) is 7.92. The molecule has 0 atom stereocenters. The number of ether oxygens (including phenoxy) is 1. The molecule has 6 heteroatoms. The molecule has 2 aromatic rings. The Hall–Kier alpha value is -1.00. The second-order valence-electron chi connectivity index (χ2n) is 4.84. The van der Waals surface area contributed by atoms with Gasteiger partial charge in [0, 0.05) is 6.54 Å². The molecule has 0 spiro atoms. The van der Waals surface area contributed by atoms with Gasteiger partial charge in [-0.1, -0.05) is 41.4 Å². The van der Waals surface area contributed by atoms with Crippen LogP contribution >= 0.6 is 35.6 Å². The summed E-state index contributed by atoms with van der Waals surface area (Å²) < 4.78 is 18.9. The van der Waals surface area contributed by atoms with E-state index in [1.807, 2.05) is 25.1 Å². The van der Waals surface area contributed by atoms with Crippen molar-refractivity contribution >= 4 is 35.6 Å². The molecule has 0 aliphatic heterocycles. The maximum absolute atomic E-state index is 13.5. The molecule has 126 valence electrons. The summed E-state index contributed by atoms with van der Waals surface area (Å²) in [6.45, 7) is 3.67. The number of nitrogens with one attached hydrogen (secondary N) is 1. The SMILES string of the molecule is CCOc1c(Cl)cc(CNCCc2ccccc2F)cc1Cl.Cl. The molecule has 0 fully saturated rings. The van der Waals surface area contributed by atoms with E-state index in [9.17, 15) is 4.39 Å². The van der Waals surface area contributed by atoms with Crippen molar-refractivity contribution in [2.75, 3.05) is 13.2 Å². The van der Waals surface area contributed by atoms with Gasteiger partial charge in [-0.3, -0.25) is 0 Å². The lowest BCUT2D eigenvalue weighted by Gasteiger charge is -2.11. The summed E-state index contributed by atoms with van der Waals surface area (Å²) in [7, 11) is 0. The molecule has 0 saturated heterocycles. The first-order valence-electron chi connectivity index (χ1n) is 7.16. The molecule has 0 unspecified atom stereocenters. The van der Waals surface area contributed by atoms with E-state index in [1.165, 1.54) is 6.07 Å². The van der Waals surface area contributed by atoms with Gasteiger partial charge in [-0.15, -0.1) is 12.4 Å². The molecular formula is C17H19Cl3FNO. The standard InChI is InChI=1S/C17H18Cl2FNO.ClH/c1-2-22-17-14(18)9-12(10-15(17)19)11-21-8-7-13-5-3-4-6-16(13)20;/h3-6,9-10,21H,2,7-8,11H2,1H3;1H. The summed E-state index contributed by atoms with van der Waals surface area (Å²) in [5, 5.41) is 4.26. The van der Waals surface area contributed by atoms with E-state index in [0.717, 1.165) is 5.56 Å². The molecule has 0 radical (unpaired) electrons. The van der Waals surface area contributed by atoms with E-state index >= 15 is 0 Å². The van der Waals surface area contributed by atoms with Crippen molar-refractivity contribution < 1.29 is 9.13 Å². The molecule has 0 saturated carbocycles. The third-order valence-electron chi connectivity index (χ3n) is 3.20. The van der Waals surface area contributed by atoms with Crippen LogP contribution in [0.15, 0.2) is 36.4 Å². The first-order chi connectivity index (χ1) is 10.6. The second-order valence-corrected chi connectivity index (χ2v) is 5.65. The zero-order valence-corrected chi connectivity index (χ0v) is 15.1. The lowest BCUT2D eigenvalue weighted by Crippen LogP contribution is -2.17. The molecule has 0 heterocycles. The quantitative estimate of drug-likeness (QED) is 0.661.